The fourth-order valence-corrected chi connectivity index (χ4v) is 1.19. The molecular formula is C18H32Br5FO4. The molecule has 0 aromatic rings. The van der Waals surface area contributed by atoms with E-state index in [9.17, 15) is 4.39 Å². The van der Waals surface area contributed by atoms with E-state index in [-0.39, 0.29) is 41.3 Å². The predicted molar refractivity (Wildman–Crippen MR) is 141 cm³/mol. The van der Waals surface area contributed by atoms with E-state index in [1.54, 1.807) is 0 Å². The van der Waals surface area contributed by atoms with Gasteiger partial charge in [0.25, 0.3) is 0 Å². The highest BCUT2D eigenvalue weighted by Crippen LogP contribution is 2.17. The van der Waals surface area contributed by atoms with Gasteiger partial charge in [0.1, 0.15) is 6.61 Å². The lowest BCUT2D eigenvalue weighted by Gasteiger charge is -2.00. The minimum Gasteiger partial charge on any atom is -0.391 e. The van der Waals surface area contributed by atoms with E-state index in [1.807, 2.05) is 0 Å². The molecule has 0 saturated heterocycles. The number of aliphatic hydroxyl groups is 3. The van der Waals surface area contributed by atoms with Crippen molar-refractivity contribution in [3.63, 3.8) is 0 Å². The Kier molecular flexibility index (Phi) is 64.2. The number of terminal acetylenes is 2. The summed E-state index contributed by atoms with van der Waals surface area (Å²) in [6.07, 6.45) is 9.69. The summed E-state index contributed by atoms with van der Waals surface area (Å²) in [5.41, 5.74) is 0. The van der Waals surface area contributed by atoms with Crippen LogP contribution < -0.4 is 0 Å². The zero-order valence-corrected chi connectivity index (χ0v) is 22.3. The van der Waals surface area contributed by atoms with Gasteiger partial charge in [-0.15, -0.1) is 12.8 Å². The molecule has 0 radical (unpaired) electrons. The van der Waals surface area contributed by atoms with E-state index in [1.165, 1.54) is 7.40 Å². The van der Waals surface area contributed by atoms with Crippen LogP contribution in [0.25, 0.3) is 0 Å². The van der Waals surface area contributed by atoms with E-state index in [4.69, 9.17) is 34.3 Å². The smallest absolute Gasteiger partial charge is 0.107 e. The molecule has 3 N–H and O–H groups in total. The van der Waals surface area contributed by atoms with Crippen molar-refractivity contribution in [3.8, 4) is 24.7 Å². The molecule has 0 spiro atoms. The summed E-state index contributed by atoms with van der Waals surface area (Å²) >= 11 is 15.4. The third-order valence-electron chi connectivity index (χ3n) is 1.50. The number of ether oxygens (including phenoxy) is 1. The molecule has 0 fully saturated rings. The molecule has 0 unspecified atom stereocenters. The van der Waals surface area contributed by atoms with Crippen molar-refractivity contribution < 1.29 is 25.8 Å². The molecule has 10 heteroatoms. The van der Waals surface area contributed by atoms with Crippen molar-refractivity contribution in [2.24, 2.45) is 0 Å². The van der Waals surface area contributed by atoms with Crippen molar-refractivity contribution in [1.29, 1.82) is 0 Å². The largest absolute Gasteiger partial charge is 0.391 e. The molecule has 0 bridgehead atoms. The van der Waals surface area contributed by atoms with Crippen LogP contribution in [0.2, 0.25) is 0 Å². The molecular weight excluding hydrogens is 699 g/mol. The molecule has 0 aliphatic rings. The van der Waals surface area contributed by atoms with Crippen molar-refractivity contribution in [1.82, 2.24) is 0 Å². The fraction of sp³-hybridized carbons (Fsp3) is 0.556. The first-order valence-corrected chi connectivity index (χ1v) is 10.4. The minimum absolute atomic E-state index is 0. The lowest BCUT2D eigenvalue weighted by molar-refractivity contribution is 0.196. The third kappa shape index (κ3) is 41.2. The van der Waals surface area contributed by atoms with E-state index in [0.717, 1.165) is 4.48 Å². The first-order chi connectivity index (χ1) is 12.9. The van der Waals surface area contributed by atoms with Crippen molar-refractivity contribution in [2.75, 3.05) is 45.5 Å². The first-order valence-electron chi connectivity index (χ1n) is 7.13. The van der Waals surface area contributed by atoms with Gasteiger partial charge in [0, 0.05) is 19.3 Å². The van der Waals surface area contributed by atoms with Gasteiger partial charge >= 0.3 is 0 Å². The first kappa shape index (κ1) is 42.8. The molecule has 0 aliphatic carbocycles. The summed E-state index contributed by atoms with van der Waals surface area (Å²) in [5.74, 6) is 4.68. The van der Waals surface area contributed by atoms with Gasteiger partial charge in [-0.3, -0.25) is 4.39 Å². The Hall–Kier alpha value is 0.770. The van der Waals surface area contributed by atoms with Gasteiger partial charge in [-0.1, -0.05) is 114 Å². The second-order valence-electron chi connectivity index (χ2n) is 3.13. The lowest BCUT2D eigenvalue weighted by atomic mass is 10.5. The van der Waals surface area contributed by atoms with Crippen LogP contribution in [-0.2, 0) is 4.74 Å². The maximum absolute atomic E-state index is 9.50. The Morgan fingerprint density at radius 3 is 1.36 bits per heavy atom. The molecule has 0 aromatic heterocycles. The van der Waals surface area contributed by atoms with Crippen LogP contribution in [0.4, 0.5) is 4.39 Å². The molecule has 0 aliphatic heterocycles. The average Bonchev–Trinajstić information content (AvgIpc) is 2.75. The Balaban J connectivity index is -0.0000000477. The average molecular weight is 732 g/mol. The molecule has 28 heavy (non-hydrogen) atoms. The standard InChI is InChI=1S/C7H8Br2O2.C4H6Br2O2.C3H3Br.CH3F.3CH4/c1-2-3-11-5-7(9)6(8)4-10;5-3(1-7)4(6)2-8;1-2-3-4;1-2;;;/h1,10H,3-5H2;7-8H,1-2H2;1H,3H2;1H3;3*1H4/b7-6+;4-3+;;;;;/i;;;;1D;;. The quantitative estimate of drug-likeness (QED) is 0.175. The van der Waals surface area contributed by atoms with Gasteiger partial charge < -0.3 is 20.1 Å². The van der Waals surface area contributed by atoms with Gasteiger partial charge in [0.15, 0.2) is 0 Å². The number of hydrogen-bond acceptors (Lipinski definition) is 4. The van der Waals surface area contributed by atoms with E-state index >= 15 is 0 Å². The Bertz CT molecular complexity index is 439. The van der Waals surface area contributed by atoms with Crippen molar-refractivity contribution in [3.05, 3.63) is 17.9 Å². The topological polar surface area (TPSA) is 69.9 Å². The van der Waals surface area contributed by atoms with Gasteiger partial charge in [-0.2, -0.15) is 0 Å². The predicted octanol–water partition coefficient (Wildman–Crippen LogP) is 6.11. The highest BCUT2D eigenvalue weighted by Gasteiger charge is 1.98. The second kappa shape index (κ2) is 42.0. The summed E-state index contributed by atoms with van der Waals surface area (Å²) in [6.45, 7) is 0.453. The number of alkyl halides is 2. The van der Waals surface area contributed by atoms with Crippen LogP contribution >= 0.6 is 79.6 Å². The monoisotopic (exact) mass is 727 g/mol. The summed E-state index contributed by atoms with van der Waals surface area (Å²) in [7, 11) is 1.75. The molecule has 0 amide bonds. The van der Waals surface area contributed by atoms with Crippen molar-refractivity contribution >= 4 is 79.6 Å². The second-order valence-corrected chi connectivity index (χ2v) is 7.52. The van der Waals surface area contributed by atoms with Crippen LogP contribution in [-0.4, -0.2) is 60.9 Å². The van der Waals surface area contributed by atoms with E-state index in [0.29, 0.717) is 32.6 Å². The van der Waals surface area contributed by atoms with Crippen LogP contribution in [0.1, 0.15) is 23.6 Å². The summed E-state index contributed by atoms with van der Waals surface area (Å²) in [4.78, 5) is 0. The third-order valence-corrected chi connectivity index (χ3v) is 5.78. The van der Waals surface area contributed by atoms with Gasteiger partial charge in [-0.25, -0.2) is 0 Å². The number of aliphatic hydroxyl groups excluding tert-OH is 3. The van der Waals surface area contributed by atoms with Gasteiger partial charge in [0.2, 0.25) is 0 Å². The molecule has 0 atom stereocenters. The van der Waals surface area contributed by atoms with Gasteiger partial charge in [0.05, 0.1) is 38.9 Å². The van der Waals surface area contributed by atoms with Gasteiger partial charge in [-0.05, 0) is 0 Å². The highest BCUT2D eigenvalue weighted by molar-refractivity contribution is 9.14. The maximum Gasteiger partial charge on any atom is 0.107 e. The van der Waals surface area contributed by atoms with Crippen LogP contribution in [0, 0.1) is 24.7 Å². The molecule has 0 rings (SSSR count). The maximum atomic E-state index is 9.50. The summed E-state index contributed by atoms with van der Waals surface area (Å²) in [6, 6.07) is 0. The van der Waals surface area contributed by atoms with Crippen LogP contribution in [0.15, 0.2) is 17.9 Å². The molecule has 0 aromatic carbocycles. The highest BCUT2D eigenvalue weighted by atomic mass is 79.9. The number of hydrogen-bond donors (Lipinski definition) is 3. The normalized spacial score (nSPS) is 9.82. The summed E-state index contributed by atoms with van der Waals surface area (Å²) in [5, 5.41) is 26.1. The Morgan fingerprint density at radius 1 is 0.857 bits per heavy atom. The van der Waals surface area contributed by atoms with Crippen molar-refractivity contribution in [2.45, 2.75) is 22.3 Å². The molecule has 170 valence electrons. The van der Waals surface area contributed by atoms with E-state index < -0.39 is 0 Å². The van der Waals surface area contributed by atoms with Crippen LogP contribution in [0.5, 0.6) is 0 Å². The number of halogens is 6. The minimum atomic E-state index is -0.0822. The SMILES string of the molecule is C.C.C#CCBr.C#CCOC/C(Br)=C(\Br)CO.CF.OC/C(Br)=C(\Br)CO.[2H]C. The molecule has 0 saturated carbocycles. The van der Waals surface area contributed by atoms with Crippen LogP contribution in [0.3, 0.4) is 0 Å². The molecule has 4 nitrogen and oxygen atoms in total. The summed E-state index contributed by atoms with van der Waals surface area (Å²) < 4.78 is 22.9. The number of rotatable bonds is 6. The zero-order valence-electron chi connectivity index (χ0n) is 15.4. The fourth-order valence-electron chi connectivity index (χ4n) is 0.535. The van der Waals surface area contributed by atoms with E-state index in [2.05, 4.69) is 91.5 Å². The lowest BCUT2D eigenvalue weighted by Crippen LogP contribution is -1.96. The Labute approximate surface area is 214 Å². The molecule has 0 heterocycles. The zero-order chi connectivity index (χ0) is 22.7. The Morgan fingerprint density at radius 2 is 1.14 bits per heavy atom.